The molecule has 7 rings (SSSR count). The fraction of sp³-hybridized carbons (Fsp3) is 0.714. The molecule has 22 nitrogen and oxygen atoms in total. The normalized spacial score (nSPS) is 36.4. The minimum Gasteiger partial charge on any atom is -0.493 e. The van der Waals surface area contributed by atoms with Gasteiger partial charge in [-0.05, 0) is 71.4 Å². The molecule has 0 bridgehead atoms. The number of unbranched alkanes of at least 4 members (excludes halogenated alkanes) is 1. The molecule has 0 amide bonds. The Morgan fingerprint density at radius 2 is 1.27 bits per heavy atom. The van der Waals surface area contributed by atoms with Crippen LogP contribution >= 0.6 is 23.2 Å². The first kappa shape index (κ1) is 57.9. The number of ether oxygens (including phenoxy) is 7. The summed E-state index contributed by atoms with van der Waals surface area (Å²) < 4.78 is 44.8. The molecule has 4 fully saturated rings. The van der Waals surface area contributed by atoms with E-state index in [0.717, 1.165) is 16.9 Å². The van der Waals surface area contributed by atoms with Gasteiger partial charge in [-0.3, -0.25) is 0 Å². The molecular formula is C49H77Cl2N9O13. The molecule has 18 N–H and O–H groups in total. The van der Waals surface area contributed by atoms with E-state index in [4.69, 9.17) is 90.8 Å². The molecule has 2 aromatic carbocycles. The largest absolute Gasteiger partial charge is 0.493 e. The van der Waals surface area contributed by atoms with Crippen LogP contribution in [0.1, 0.15) is 76.3 Å². The molecule has 3 aromatic rings. The van der Waals surface area contributed by atoms with E-state index in [1.54, 1.807) is 12.3 Å². The monoisotopic (exact) mass is 1070 g/mol. The Hall–Kier alpha value is -2.76. The van der Waals surface area contributed by atoms with Gasteiger partial charge in [-0.1, -0.05) is 81.2 Å². The first-order valence-electron chi connectivity index (χ1n) is 25.0. The predicted octanol–water partition coefficient (Wildman–Crippen LogP) is -0.973. The van der Waals surface area contributed by atoms with Crippen molar-refractivity contribution in [1.29, 1.82) is 0 Å². The van der Waals surface area contributed by atoms with E-state index in [1.165, 1.54) is 10.2 Å². The maximum Gasteiger partial charge on any atom is 0.187 e. The van der Waals surface area contributed by atoms with Crippen molar-refractivity contribution in [3.63, 3.8) is 0 Å². The van der Waals surface area contributed by atoms with Crippen LogP contribution in [0.25, 0.3) is 0 Å². The maximum atomic E-state index is 12.0. The summed E-state index contributed by atoms with van der Waals surface area (Å²) in [6.07, 6.45) is -15.8. The number of rotatable bonds is 19. The van der Waals surface area contributed by atoms with Gasteiger partial charge in [-0.25, -0.2) is 4.68 Å². The number of aliphatic hydroxyl groups is 6. The number of hydrogen-bond donors (Lipinski definition) is 12. The van der Waals surface area contributed by atoms with E-state index in [2.05, 4.69) is 57.1 Å². The van der Waals surface area contributed by atoms with Gasteiger partial charge >= 0.3 is 0 Å². The van der Waals surface area contributed by atoms with Gasteiger partial charge in [-0.15, -0.1) is 5.10 Å². The molecule has 1 aromatic heterocycles. The van der Waals surface area contributed by atoms with E-state index in [1.807, 2.05) is 18.2 Å². The van der Waals surface area contributed by atoms with Gasteiger partial charge in [0.15, 0.2) is 18.9 Å². The number of nitrogens with two attached hydrogens (primary N) is 6. The third kappa shape index (κ3) is 13.0. The number of aryl methyl sites for hydroxylation is 1. The summed E-state index contributed by atoms with van der Waals surface area (Å²) >= 11 is 12.9. The SMILES string of the molecule is CC(C)(C)C(C)(C)c1ccc(OCCCCc2cn(C[C@H]3O[C@@H](O[C@@H]4[C@@H](O)[C@H](N)C[C@H](N)[C@H]4O[C@H]4O[C@H](CN)[C@@H](O)[C@H](O)[C@H]4N)[C@H](O)[C@@H]3O[C@H]3O[C@@H](CN)[C@H](O)[C@@H](O)[C@@H]3N)nn2)c(Cc2ccc(Cl)cc2Cl)c1. The van der Waals surface area contributed by atoms with Crippen LogP contribution in [-0.4, -0.2) is 182 Å². The molecule has 73 heavy (non-hydrogen) atoms. The number of benzene rings is 2. The molecule has 0 spiro atoms. The molecular weight excluding hydrogens is 993 g/mol. The molecule has 0 unspecified atom stereocenters. The van der Waals surface area contributed by atoms with Crippen molar-refractivity contribution in [2.75, 3.05) is 19.7 Å². The predicted molar refractivity (Wildman–Crippen MR) is 268 cm³/mol. The average molecular weight is 1070 g/mol. The molecule has 19 atom stereocenters. The molecule has 3 saturated heterocycles. The van der Waals surface area contributed by atoms with Crippen LogP contribution in [0.5, 0.6) is 5.75 Å². The molecule has 4 aliphatic rings. The Kier molecular flexibility index (Phi) is 19.3. The second-order valence-electron chi connectivity index (χ2n) is 21.4. The van der Waals surface area contributed by atoms with Crippen LogP contribution in [0, 0.1) is 5.41 Å². The molecule has 0 radical (unpaired) electrons. The number of aromatic nitrogens is 3. The van der Waals surface area contributed by atoms with Crippen molar-refractivity contribution in [3.8, 4) is 5.75 Å². The standard InChI is InChI=1S/C49H77Cl2N9O13/c1-48(2,3)49(4,5)24-10-12-30(23(15-24)14-22-9-11-25(50)16-27(22)51)67-13-7-6-8-26-20-60(59-58-26)21-33-43(72-46-35(57)40(65)38(63)32(19-53)69-46)41(66)47(70-33)73-44-36(61)28(54)17-29(55)42(44)71-45-34(56)39(64)37(62)31(18-52)68-45/h9-12,15-16,20,28-29,31-47,61-66H,6-8,13-14,17-19,21,52-57H2,1-5H3/t28-,29+,31-,32+,33-,34-,35+,36+,37-,38+,39-,40+,41-,42-,43-,44-,45-,46-,47+/m1/s1. The molecule has 4 heterocycles. The van der Waals surface area contributed by atoms with Crippen LogP contribution < -0.4 is 39.1 Å². The van der Waals surface area contributed by atoms with Crippen molar-refractivity contribution >= 4 is 23.2 Å². The summed E-state index contributed by atoms with van der Waals surface area (Å²) in [5.74, 6) is 0.766. The van der Waals surface area contributed by atoms with E-state index in [0.29, 0.717) is 48.0 Å². The zero-order valence-electron chi connectivity index (χ0n) is 42.0. The van der Waals surface area contributed by atoms with Gasteiger partial charge in [0, 0.05) is 47.8 Å². The van der Waals surface area contributed by atoms with Crippen LogP contribution in [0.3, 0.4) is 0 Å². The van der Waals surface area contributed by atoms with Crippen LogP contribution in [0.4, 0.5) is 0 Å². The molecule has 410 valence electrons. The van der Waals surface area contributed by atoms with Gasteiger partial charge in [0.05, 0.1) is 37.0 Å². The quantitative estimate of drug-likeness (QED) is 0.0643. The molecule has 1 aliphatic carbocycles. The van der Waals surface area contributed by atoms with Crippen molar-refractivity contribution in [3.05, 3.63) is 75.0 Å². The van der Waals surface area contributed by atoms with Crippen molar-refractivity contribution < 1.29 is 63.8 Å². The van der Waals surface area contributed by atoms with Crippen molar-refractivity contribution in [1.82, 2.24) is 15.0 Å². The highest BCUT2D eigenvalue weighted by atomic mass is 35.5. The highest BCUT2D eigenvalue weighted by Crippen LogP contribution is 2.43. The lowest BCUT2D eigenvalue weighted by Gasteiger charge is -2.47. The summed E-state index contributed by atoms with van der Waals surface area (Å²) in [6.45, 7) is 11.2. The van der Waals surface area contributed by atoms with E-state index in [-0.39, 0.29) is 36.9 Å². The number of aliphatic hydroxyl groups excluding tert-OH is 6. The smallest absolute Gasteiger partial charge is 0.187 e. The van der Waals surface area contributed by atoms with Crippen molar-refractivity contribution in [2.24, 2.45) is 39.8 Å². The van der Waals surface area contributed by atoms with Crippen LogP contribution in [0.2, 0.25) is 10.0 Å². The maximum absolute atomic E-state index is 12.0. The lowest BCUT2D eigenvalue weighted by Crippen LogP contribution is -2.68. The van der Waals surface area contributed by atoms with Crippen LogP contribution in [0.15, 0.2) is 42.6 Å². The molecule has 3 aliphatic heterocycles. The van der Waals surface area contributed by atoms with E-state index >= 15 is 0 Å². The van der Waals surface area contributed by atoms with Gasteiger partial charge < -0.3 is 98.2 Å². The second-order valence-corrected chi connectivity index (χ2v) is 22.3. The summed E-state index contributed by atoms with van der Waals surface area (Å²) in [6, 6.07) is 7.55. The first-order valence-corrected chi connectivity index (χ1v) is 25.7. The minimum absolute atomic E-state index is 0.00737. The number of nitrogens with zero attached hydrogens (tertiary/aromatic N) is 3. The third-order valence-corrected chi connectivity index (χ3v) is 15.9. The highest BCUT2D eigenvalue weighted by Gasteiger charge is 2.55. The molecule has 1 saturated carbocycles. The zero-order chi connectivity index (χ0) is 53.3. The topological polar surface area (TPSA) is 373 Å². The first-order chi connectivity index (χ1) is 34.4. The summed E-state index contributed by atoms with van der Waals surface area (Å²) in [4.78, 5) is 0. The van der Waals surface area contributed by atoms with Gasteiger partial charge in [0.25, 0.3) is 0 Å². The van der Waals surface area contributed by atoms with Crippen LogP contribution in [-0.2, 0) is 53.2 Å². The zero-order valence-corrected chi connectivity index (χ0v) is 43.5. The Balaban J connectivity index is 1.03. The average Bonchev–Trinajstić information content (AvgIpc) is 3.91. The van der Waals surface area contributed by atoms with Gasteiger partial charge in [0.1, 0.15) is 72.9 Å². The third-order valence-electron chi connectivity index (χ3n) is 15.3. The van der Waals surface area contributed by atoms with E-state index in [9.17, 15) is 30.6 Å². The lowest BCUT2D eigenvalue weighted by atomic mass is 9.65. The summed E-state index contributed by atoms with van der Waals surface area (Å²) in [5.41, 5.74) is 40.6. The number of hydrogen-bond acceptors (Lipinski definition) is 21. The summed E-state index contributed by atoms with van der Waals surface area (Å²) in [7, 11) is 0. The number of halogens is 2. The lowest BCUT2D eigenvalue weighted by molar-refractivity contribution is -0.306. The second kappa shape index (κ2) is 24.3. The fourth-order valence-corrected chi connectivity index (χ4v) is 10.1. The fourth-order valence-electron chi connectivity index (χ4n) is 9.61. The Bertz CT molecular complexity index is 2260. The minimum atomic E-state index is -1.62. The molecule has 24 heteroatoms. The summed E-state index contributed by atoms with van der Waals surface area (Å²) in [5, 5.41) is 75.7. The van der Waals surface area contributed by atoms with Gasteiger partial charge in [-0.2, -0.15) is 0 Å². The highest BCUT2D eigenvalue weighted by molar-refractivity contribution is 6.35. The van der Waals surface area contributed by atoms with Crippen molar-refractivity contribution in [2.45, 2.75) is 195 Å². The Morgan fingerprint density at radius 1 is 0.671 bits per heavy atom. The Labute approximate surface area is 435 Å². The Morgan fingerprint density at radius 3 is 1.88 bits per heavy atom. The van der Waals surface area contributed by atoms with E-state index < -0.39 is 116 Å². The van der Waals surface area contributed by atoms with Gasteiger partial charge in [0.2, 0.25) is 0 Å².